The van der Waals surface area contributed by atoms with Crippen LogP contribution in [0, 0.1) is 5.92 Å². The van der Waals surface area contributed by atoms with Gasteiger partial charge in [-0.05, 0) is 61.4 Å². The minimum absolute atomic E-state index is 0.142. The molecule has 0 bridgehead atoms. The first-order valence-electron chi connectivity index (χ1n) is 11.3. The Morgan fingerprint density at radius 3 is 2.67 bits per heavy atom. The highest BCUT2D eigenvalue weighted by Crippen LogP contribution is 2.44. The molecule has 1 aliphatic rings. The first-order chi connectivity index (χ1) is 15.7. The molecule has 3 N–H and O–H groups in total. The van der Waals surface area contributed by atoms with Crippen LogP contribution in [0.4, 0.5) is 13.2 Å². The summed E-state index contributed by atoms with van der Waals surface area (Å²) in [5.74, 6) is -2.11. The highest BCUT2D eigenvalue weighted by atomic mass is 35.5. The van der Waals surface area contributed by atoms with Crippen molar-refractivity contribution in [2.24, 2.45) is 5.92 Å². The lowest BCUT2D eigenvalue weighted by molar-refractivity contribution is -0.173. The van der Waals surface area contributed by atoms with Gasteiger partial charge >= 0.3 is 12.1 Å². The number of aryl methyl sites for hydroxylation is 1. The summed E-state index contributed by atoms with van der Waals surface area (Å²) < 4.78 is 37.6. The van der Waals surface area contributed by atoms with Crippen LogP contribution in [0.15, 0.2) is 42.5 Å². The summed E-state index contributed by atoms with van der Waals surface area (Å²) in [6, 6.07) is 13.4. The molecule has 8 heteroatoms. The van der Waals surface area contributed by atoms with Gasteiger partial charge in [-0.15, -0.1) is 0 Å². The molecule has 1 amide bonds. The number of alkyl halides is 3. The quantitative estimate of drug-likeness (QED) is 0.452. The first kappa shape index (κ1) is 25.5. The Labute approximate surface area is 197 Å². The third kappa shape index (κ3) is 6.08. The minimum Gasteiger partial charge on any atom is -0.385 e. The zero-order chi connectivity index (χ0) is 24.1. The van der Waals surface area contributed by atoms with Gasteiger partial charge in [-0.2, -0.15) is 13.2 Å². The largest absolute Gasteiger partial charge is 0.471 e. The molecule has 0 spiro atoms. The number of rotatable bonds is 8. The number of hydrogen-bond acceptors (Lipinski definition) is 3. The Hall–Kier alpha value is -2.09. The molecule has 2 aromatic rings. The number of aliphatic hydroxyl groups is 1. The van der Waals surface area contributed by atoms with Crippen LogP contribution < -0.4 is 10.6 Å². The van der Waals surface area contributed by atoms with Gasteiger partial charge in [-0.3, -0.25) is 4.79 Å². The van der Waals surface area contributed by atoms with Crippen molar-refractivity contribution < 1.29 is 23.1 Å². The van der Waals surface area contributed by atoms with E-state index in [4.69, 9.17) is 11.6 Å². The second-order valence-electron chi connectivity index (χ2n) is 8.54. The molecule has 1 fully saturated rings. The van der Waals surface area contributed by atoms with Gasteiger partial charge in [0.05, 0.1) is 5.60 Å². The van der Waals surface area contributed by atoms with Gasteiger partial charge in [-0.1, -0.05) is 54.9 Å². The summed E-state index contributed by atoms with van der Waals surface area (Å²) in [7, 11) is 0. The van der Waals surface area contributed by atoms with Crippen LogP contribution >= 0.6 is 11.6 Å². The second kappa shape index (κ2) is 10.9. The summed E-state index contributed by atoms with van der Waals surface area (Å²) in [6.07, 6.45) is -2.02. The van der Waals surface area contributed by atoms with Crippen molar-refractivity contribution in [1.29, 1.82) is 0 Å². The molecular weight excluding hydrogens is 453 g/mol. The third-order valence-electron chi connectivity index (χ3n) is 6.35. The van der Waals surface area contributed by atoms with Crippen molar-refractivity contribution in [3.63, 3.8) is 0 Å². The van der Waals surface area contributed by atoms with Crippen molar-refractivity contribution in [2.75, 3.05) is 19.6 Å². The standard InChI is InChI=1S/C25H30ClF3N2O2/c1-2-17-7-3-8-18(15-17)22-20(10-4-11-21(22)26)24(33,19-9-5-13-30-16-19)12-6-14-31-23(32)25(27,28)29/h3-4,7-8,10-11,15,19,30,33H,2,5-6,9,12-14,16H2,1H3,(H,31,32)/t19-,24+/m1/s1. The Balaban J connectivity index is 1.95. The molecule has 4 nitrogen and oxygen atoms in total. The number of carbonyl (C=O) groups excluding carboxylic acids is 1. The van der Waals surface area contributed by atoms with Crippen LogP contribution in [-0.4, -0.2) is 36.8 Å². The highest BCUT2D eigenvalue weighted by molar-refractivity contribution is 6.33. The number of carbonyl (C=O) groups is 1. The minimum atomic E-state index is -4.92. The van der Waals surface area contributed by atoms with Crippen LogP contribution in [0.3, 0.4) is 0 Å². The fourth-order valence-corrected chi connectivity index (χ4v) is 4.89. The van der Waals surface area contributed by atoms with E-state index >= 15 is 0 Å². The van der Waals surface area contributed by atoms with Crippen LogP contribution in [0.2, 0.25) is 5.02 Å². The smallest absolute Gasteiger partial charge is 0.385 e. The predicted molar refractivity (Wildman–Crippen MR) is 124 cm³/mol. The molecule has 0 aliphatic carbocycles. The van der Waals surface area contributed by atoms with E-state index in [2.05, 4.69) is 12.2 Å². The lowest BCUT2D eigenvalue weighted by atomic mass is 9.72. The molecule has 0 aromatic heterocycles. The maximum Gasteiger partial charge on any atom is 0.471 e. The van der Waals surface area contributed by atoms with Gasteiger partial charge in [0.1, 0.15) is 0 Å². The Morgan fingerprint density at radius 1 is 1.24 bits per heavy atom. The summed E-state index contributed by atoms with van der Waals surface area (Å²) in [6.45, 7) is 3.33. The molecule has 2 aromatic carbocycles. The lowest BCUT2D eigenvalue weighted by Crippen LogP contribution is -2.45. The van der Waals surface area contributed by atoms with E-state index < -0.39 is 17.7 Å². The third-order valence-corrected chi connectivity index (χ3v) is 6.67. The Morgan fingerprint density at radius 2 is 2.00 bits per heavy atom. The van der Waals surface area contributed by atoms with Crippen molar-refractivity contribution in [1.82, 2.24) is 10.6 Å². The van der Waals surface area contributed by atoms with E-state index in [9.17, 15) is 23.1 Å². The lowest BCUT2D eigenvalue weighted by Gasteiger charge is -2.40. The van der Waals surface area contributed by atoms with Gasteiger partial charge in [0, 0.05) is 29.6 Å². The molecule has 2 atom stereocenters. The molecule has 3 rings (SSSR count). The van der Waals surface area contributed by atoms with Crippen LogP contribution in [0.25, 0.3) is 11.1 Å². The van der Waals surface area contributed by atoms with Crippen molar-refractivity contribution in [3.8, 4) is 11.1 Å². The second-order valence-corrected chi connectivity index (χ2v) is 8.95. The molecule has 1 saturated heterocycles. The molecule has 33 heavy (non-hydrogen) atoms. The summed E-state index contributed by atoms with van der Waals surface area (Å²) in [5, 5.41) is 17.8. The fourth-order valence-electron chi connectivity index (χ4n) is 4.60. The molecule has 0 radical (unpaired) electrons. The Bertz CT molecular complexity index is 961. The molecule has 1 aliphatic heterocycles. The zero-order valence-corrected chi connectivity index (χ0v) is 19.4. The molecular formula is C25H30ClF3N2O2. The van der Waals surface area contributed by atoms with Gasteiger partial charge < -0.3 is 15.7 Å². The van der Waals surface area contributed by atoms with Crippen molar-refractivity contribution in [2.45, 2.75) is 50.8 Å². The molecule has 0 unspecified atom stereocenters. The Kier molecular flexibility index (Phi) is 8.43. The van der Waals surface area contributed by atoms with Crippen molar-refractivity contribution in [3.05, 3.63) is 58.6 Å². The summed E-state index contributed by atoms with van der Waals surface area (Å²) >= 11 is 6.65. The van der Waals surface area contributed by atoms with Crippen LogP contribution in [-0.2, 0) is 16.8 Å². The maximum atomic E-state index is 12.5. The number of benzene rings is 2. The van der Waals surface area contributed by atoms with Crippen LogP contribution in [0.5, 0.6) is 0 Å². The number of piperidine rings is 1. The number of halogens is 4. The predicted octanol–water partition coefficient (Wildman–Crippen LogP) is 5.22. The van der Waals surface area contributed by atoms with E-state index in [1.54, 1.807) is 12.1 Å². The SMILES string of the molecule is CCc1cccc(-c2c(Cl)cccc2[C@](O)(CCCNC(=O)C(F)(F)F)[C@@H]2CCCNC2)c1. The average Bonchev–Trinajstić information content (AvgIpc) is 2.81. The van der Waals surface area contributed by atoms with E-state index in [0.717, 1.165) is 42.5 Å². The topological polar surface area (TPSA) is 61.4 Å². The van der Waals surface area contributed by atoms with Crippen LogP contribution in [0.1, 0.15) is 43.7 Å². The number of nitrogens with one attached hydrogen (secondary N) is 2. The summed E-state index contributed by atoms with van der Waals surface area (Å²) in [4.78, 5) is 11.2. The molecule has 0 saturated carbocycles. The molecule has 180 valence electrons. The zero-order valence-electron chi connectivity index (χ0n) is 18.6. The number of amides is 1. The summed E-state index contributed by atoms with van der Waals surface area (Å²) in [5.41, 5.74) is 2.11. The monoisotopic (exact) mass is 482 g/mol. The molecule has 1 heterocycles. The normalized spacial score (nSPS) is 18.5. The van der Waals surface area contributed by atoms with E-state index in [1.807, 2.05) is 35.6 Å². The van der Waals surface area contributed by atoms with E-state index in [-0.39, 0.29) is 25.3 Å². The van der Waals surface area contributed by atoms with Gasteiger partial charge in [-0.25, -0.2) is 0 Å². The van der Waals surface area contributed by atoms with E-state index in [0.29, 0.717) is 17.1 Å². The van der Waals surface area contributed by atoms with Gasteiger partial charge in [0.25, 0.3) is 0 Å². The first-order valence-corrected chi connectivity index (χ1v) is 11.7. The number of hydrogen-bond donors (Lipinski definition) is 3. The van der Waals surface area contributed by atoms with Gasteiger partial charge in [0.2, 0.25) is 0 Å². The maximum absolute atomic E-state index is 12.5. The van der Waals surface area contributed by atoms with E-state index in [1.165, 1.54) is 0 Å². The average molecular weight is 483 g/mol. The van der Waals surface area contributed by atoms with Crippen molar-refractivity contribution >= 4 is 17.5 Å². The fraction of sp³-hybridized carbons (Fsp3) is 0.480. The van der Waals surface area contributed by atoms with Gasteiger partial charge in [0.15, 0.2) is 0 Å². The highest BCUT2D eigenvalue weighted by Gasteiger charge is 2.41.